The molecule has 0 aliphatic carbocycles. The van der Waals surface area contributed by atoms with Crippen molar-refractivity contribution in [2.75, 3.05) is 4.90 Å². The van der Waals surface area contributed by atoms with Crippen LogP contribution in [-0.2, 0) is 0 Å². The maximum absolute atomic E-state index is 4.71. The third-order valence-electron chi connectivity index (χ3n) is 2.98. The van der Waals surface area contributed by atoms with Gasteiger partial charge in [-0.1, -0.05) is 18.2 Å². The summed E-state index contributed by atoms with van der Waals surface area (Å²) in [5.41, 5.74) is 2.11. The normalized spacial score (nSPS) is 21.7. The van der Waals surface area contributed by atoms with E-state index in [0.717, 1.165) is 28.1 Å². The second-order valence-corrected chi connectivity index (χ2v) is 6.21. The van der Waals surface area contributed by atoms with Crippen LogP contribution in [0.5, 0.6) is 0 Å². The number of nitrogens with zero attached hydrogens (tertiary/aromatic N) is 3. The Kier molecular flexibility index (Phi) is 3.31. The van der Waals surface area contributed by atoms with Crippen molar-refractivity contribution in [2.45, 2.75) is 19.4 Å². The predicted octanol–water partition coefficient (Wildman–Crippen LogP) is 2.47. The molecule has 0 spiro atoms. The molecule has 1 aromatic carbocycles. The molecule has 3 rings (SSSR count). The Morgan fingerprint density at radius 2 is 2.28 bits per heavy atom. The summed E-state index contributed by atoms with van der Waals surface area (Å²) >= 11 is 5.10. The van der Waals surface area contributed by atoms with Gasteiger partial charge in [0.15, 0.2) is 22.1 Å². The van der Waals surface area contributed by atoms with Gasteiger partial charge < -0.3 is 0 Å². The van der Waals surface area contributed by atoms with E-state index in [1.165, 1.54) is 3.70 Å². The Labute approximate surface area is 128 Å². The minimum absolute atomic E-state index is 0.307. The van der Waals surface area contributed by atoms with E-state index in [4.69, 9.17) is 4.99 Å². The molecule has 88 valence electrons. The molecule has 0 fully saturated rings. The number of hydrogen-bond acceptors (Lipinski definition) is 3. The van der Waals surface area contributed by atoms with Crippen LogP contribution >= 0.6 is 22.6 Å². The van der Waals surface area contributed by atoms with E-state index in [0.29, 0.717) is 6.04 Å². The number of hydrogen-bond donors (Lipinski definition) is 0. The first-order valence-electron chi connectivity index (χ1n) is 5.82. The Bertz CT molecular complexity index is 592. The van der Waals surface area contributed by atoms with Gasteiger partial charge in [0.1, 0.15) is 0 Å². The highest BCUT2D eigenvalue weighted by molar-refractivity contribution is 14.1. The maximum atomic E-state index is 4.71. The van der Waals surface area contributed by atoms with Crippen LogP contribution in [0, 0.1) is 0 Å². The van der Waals surface area contributed by atoms with Crippen molar-refractivity contribution in [1.29, 1.82) is 0 Å². The highest BCUT2D eigenvalue weighted by Crippen LogP contribution is 2.36. The molecule has 5 heteroatoms. The molecule has 2 aliphatic heterocycles. The monoisotopic (exact) mass is 363 g/mol. The summed E-state index contributed by atoms with van der Waals surface area (Å²) in [5, 5.41) is 0. The number of halogens is 1. The number of fused-ring (bicyclic) bond motifs is 3. The topological polar surface area (TPSA) is 28.0 Å². The average molecular weight is 363 g/mol. The molecular weight excluding hydrogens is 352 g/mol. The second-order valence-electron chi connectivity index (χ2n) is 4.44. The van der Waals surface area contributed by atoms with Crippen LogP contribution in [0.3, 0.4) is 0 Å². The summed E-state index contributed by atoms with van der Waals surface area (Å²) in [6.07, 6.45) is 5.07. The summed E-state index contributed by atoms with van der Waals surface area (Å²) in [4.78, 5) is 11.4. The number of anilines is 1. The lowest BCUT2D eigenvalue weighted by Crippen LogP contribution is -2.32. The van der Waals surface area contributed by atoms with E-state index in [1.54, 1.807) is 0 Å². The molecule has 0 bridgehead atoms. The van der Waals surface area contributed by atoms with E-state index in [1.807, 2.05) is 12.3 Å². The minimum Gasteiger partial charge on any atom is -0.287 e. The lowest BCUT2D eigenvalue weighted by atomic mass is 10.2. The fourth-order valence-corrected chi connectivity index (χ4v) is 3.11. The summed E-state index contributed by atoms with van der Waals surface area (Å²) in [5.74, 6) is 0.934. The molecule has 2 radical (unpaired) electrons. The van der Waals surface area contributed by atoms with Crippen LogP contribution in [-0.4, -0.2) is 34.4 Å². The average Bonchev–Trinajstić information content (AvgIpc) is 2.49. The van der Waals surface area contributed by atoms with E-state index in [2.05, 4.69) is 73.9 Å². The summed E-state index contributed by atoms with van der Waals surface area (Å²) in [6, 6.07) is 6.54. The summed E-state index contributed by atoms with van der Waals surface area (Å²) in [7, 11) is 0. The molecule has 0 amide bonds. The zero-order valence-electron chi connectivity index (χ0n) is 9.97. The van der Waals surface area contributed by atoms with Crippen LogP contribution in [0.1, 0.15) is 13.3 Å². The molecule has 3 nitrogen and oxygen atoms in total. The molecule has 1 unspecified atom stereocenters. The summed E-state index contributed by atoms with van der Waals surface area (Å²) in [6.45, 7) is 2.13. The standard InChI is InChI=1S/C13H11IN3.Al/c1-9-6-7-12(14)17-11-5-3-2-4-10(11)15-8-13(17)16-9;/h2,4-5,7-9H,6H2,1H3;. The van der Waals surface area contributed by atoms with Crippen molar-refractivity contribution in [2.24, 2.45) is 9.98 Å². The third-order valence-corrected chi connectivity index (χ3v) is 4.26. The smallest absolute Gasteiger partial charge is 0.175 e. The first kappa shape index (κ1) is 12.4. The molecule has 0 saturated carbocycles. The van der Waals surface area contributed by atoms with Crippen molar-refractivity contribution >= 4 is 66.7 Å². The summed E-state index contributed by atoms with van der Waals surface area (Å²) < 4.78 is 2.35. The second kappa shape index (κ2) is 4.80. The molecule has 0 aromatic heterocycles. The van der Waals surface area contributed by atoms with E-state index in [-0.39, 0.29) is 0 Å². The molecule has 18 heavy (non-hydrogen) atoms. The first-order valence-corrected chi connectivity index (χ1v) is 7.48. The Hall–Kier alpha value is -0.638. The van der Waals surface area contributed by atoms with Gasteiger partial charge in [-0.2, -0.15) is 0 Å². The van der Waals surface area contributed by atoms with Gasteiger partial charge in [0.05, 0.1) is 27.3 Å². The van der Waals surface area contributed by atoms with Crippen molar-refractivity contribution in [3.8, 4) is 0 Å². The van der Waals surface area contributed by atoms with Crippen LogP contribution in [0.25, 0.3) is 0 Å². The lowest BCUT2D eigenvalue weighted by molar-refractivity contribution is 0.765. The van der Waals surface area contributed by atoms with Gasteiger partial charge in [-0.3, -0.25) is 14.9 Å². The SMILES string of the molecule is CC1CC=C(I)N2C(=N1)C=Nc1cc[c]([Al])cc12. The number of rotatable bonds is 0. The number of aliphatic imine (C=N–C) groups is 2. The van der Waals surface area contributed by atoms with Gasteiger partial charge in [0, 0.05) is 0 Å². The van der Waals surface area contributed by atoms with Crippen LogP contribution in [0.4, 0.5) is 11.4 Å². The first-order chi connectivity index (χ1) is 8.65. The molecule has 1 aromatic rings. The van der Waals surface area contributed by atoms with Crippen molar-refractivity contribution in [1.82, 2.24) is 0 Å². The van der Waals surface area contributed by atoms with E-state index >= 15 is 0 Å². The molecule has 0 N–H and O–H groups in total. The van der Waals surface area contributed by atoms with Gasteiger partial charge in [-0.15, -0.1) is 4.43 Å². The van der Waals surface area contributed by atoms with E-state index in [9.17, 15) is 0 Å². The fraction of sp³-hybridized carbons (Fsp3) is 0.231. The lowest BCUT2D eigenvalue weighted by Gasteiger charge is -2.27. The van der Waals surface area contributed by atoms with Crippen molar-refractivity contribution in [3.63, 3.8) is 0 Å². The highest BCUT2D eigenvalue weighted by atomic mass is 127. The maximum Gasteiger partial charge on any atom is 0.175 e. The predicted molar refractivity (Wildman–Crippen MR) is 86.1 cm³/mol. The number of amidine groups is 1. The molecule has 1 atom stereocenters. The van der Waals surface area contributed by atoms with Gasteiger partial charge in [-0.05, 0) is 42.0 Å². The van der Waals surface area contributed by atoms with Crippen molar-refractivity contribution in [3.05, 3.63) is 28.0 Å². The fourth-order valence-electron chi connectivity index (χ4n) is 2.09. The Balaban J connectivity index is 2.20. The van der Waals surface area contributed by atoms with Crippen LogP contribution < -0.4 is 9.33 Å². The van der Waals surface area contributed by atoms with E-state index < -0.39 is 0 Å². The van der Waals surface area contributed by atoms with Gasteiger partial charge in [0.2, 0.25) is 0 Å². The molecular formula is C13H11AlIN3. The zero-order chi connectivity index (χ0) is 12.7. The third kappa shape index (κ3) is 2.15. The van der Waals surface area contributed by atoms with Gasteiger partial charge in [-0.25, -0.2) is 0 Å². The largest absolute Gasteiger partial charge is 0.287 e. The zero-order valence-corrected chi connectivity index (χ0v) is 13.3. The molecule has 0 saturated heterocycles. The van der Waals surface area contributed by atoms with Crippen LogP contribution in [0.15, 0.2) is 38.0 Å². The highest BCUT2D eigenvalue weighted by Gasteiger charge is 2.24. The van der Waals surface area contributed by atoms with Gasteiger partial charge >= 0.3 is 0 Å². The molecule has 2 heterocycles. The Morgan fingerprint density at radius 1 is 1.44 bits per heavy atom. The Morgan fingerprint density at radius 3 is 3.11 bits per heavy atom. The van der Waals surface area contributed by atoms with Crippen molar-refractivity contribution < 1.29 is 0 Å². The van der Waals surface area contributed by atoms with Gasteiger partial charge in [0.25, 0.3) is 0 Å². The molecule has 2 aliphatic rings. The van der Waals surface area contributed by atoms with Crippen LogP contribution in [0.2, 0.25) is 0 Å². The quantitative estimate of drug-likeness (QED) is 0.396. The minimum atomic E-state index is 0.307. The number of benzene rings is 1.